The van der Waals surface area contributed by atoms with E-state index in [1.54, 1.807) is 12.1 Å². The van der Waals surface area contributed by atoms with E-state index < -0.39 is 27.6 Å². The summed E-state index contributed by atoms with van der Waals surface area (Å²) in [6, 6.07) is 15.2. The first kappa shape index (κ1) is 20.0. The van der Waals surface area contributed by atoms with Crippen LogP contribution in [0.3, 0.4) is 0 Å². The Labute approximate surface area is 173 Å². The lowest BCUT2D eigenvalue weighted by Gasteiger charge is -2.24. The third-order valence-corrected chi connectivity index (χ3v) is 6.90. The molecular weight excluding hydrogens is 410 g/mol. The molecule has 1 aliphatic rings. The lowest BCUT2D eigenvalue weighted by molar-refractivity contribution is 0.102. The van der Waals surface area contributed by atoms with Gasteiger partial charge in [-0.05, 0) is 55.3 Å². The van der Waals surface area contributed by atoms with Gasteiger partial charge < -0.3 is 5.32 Å². The normalized spacial score (nSPS) is 15.7. The van der Waals surface area contributed by atoms with Crippen LogP contribution in [0.5, 0.6) is 0 Å². The molecule has 5 nitrogen and oxygen atoms in total. The van der Waals surface area contributed by atoms with Crippen LogP contribution in [0.2, 0.25) is 0 Å². The number of hydrogen-bond donors (Lipinski definition) is 1. The predicted octanol–water partition coefficient (Wildman–Crippen LogP) is 4.36. The van der Waals surface area contributed by atoms with E-state index in [9.17, 15) is 22.0 Å². The summed E-state index contributed by atoms with van der Waals surface area (Å²) in [6.45, 7) is 1.82. The van der Waals surface area contributed by atoms with Crippen LogP contribution in [0.15, 0.2) is 71.6 Å². The summed E-state index contributed by atoms with van der Waals surface area (Å²) in [4.78, 5) is 12.5. The van der Waals surface area contributed by atoms with Crippen LogP contribution < -0.4 is 9.62 Å². The highest BCUT2D eigenvalue weighted by atomic mass is 32.2. The molecule has 0 radical (unpaired) electrons. The highest BCUT2D eigenvalue weighted by molar-refractivity contribution is 7.92. The van der Waals surface area contributed by atoms with Crippen LogP contribution in [-0.2, 0) is 16.4 Å². The Hall–Kier alpha value is -3.26. The molecule has 1 unspecified atom stereocenters. The zero-order valence-corrected chi connectivity index (χ0v) is 16.8. The Kier molecular flexibility index (Phi) is 5.03. The first-order chi connectivity index (χ1) is 14.3. The summed E-state index contributed by atoms with van der Waals surface area (Å²) in [7, 11) is -3.93. The van der Waals surface area contributed by atoms with Gasteiger partial charge in [0, 0.05) is 17.7 Å². The first-order valence-corrected chi connectivity index (χ1v) is 10.7. The average Bonchev–Trinajstić information content (AvgIpc) is 3.07. The molecule has 0 spiro atoms. The number of rotatable bonds is 4. The Bertz CT molecular complexity index is 1240. The highest BCUT2D eigenvalue weighted by Crippen LogP contribution is 2.36. The number of hydrogen-bond acceptors (Lipinski definition) is 3. The third-order valence-electron chi connectivity index (χ3n) is 4.97. The van der Waals surface area contributed by atoms with Crippen molar-refractivity contribution in [2.24, 2.45) is 0 Å². The Morgan fingerprint density at radius 3 is 2.60 bits per heavy atom. The van der Waals surface area contributed by atoms with Crippen molar-refractivity contribution in [3.8, 4) is 0 Å². The standard InChI is InChI=1S/C22H18F2N2O3S/c1-14-11-15-5-2-3-8-21(15)26(14)30(28,29)18-7-4-6-16(12-18)22(27)25-20-13-17(23)9-10-19(20)24/h2-10,12-14H,11H2,1H3,(H,25,27). The molecule has 3 aromatic rings. The fourth-order valence-electron chi connectivity index (χ4n) is 3.60. The molecule has 0 fully saturated rings. The summed E-state index contributed by atoms with van der Waals surface area (Å²) >= 11 is 0. The summed E-state index contributed by atoms with van der Waals surface area (Å²) in [5.41, 5.74) is 1.24. The number of sulfonamides is 1. The molecule has 1 atom stereocenters. The van der Waals surface area contributed by atoms with E-state index in [0.717, 1.165) is 23.8 Å². The maximum atomic E-state index is 13.8. The predicted molar refractivity (Wildman–Crippen MR) is 110 cm³/mol. The minimum absolute atomic E-state index is 0.0138. The maximum absolute atomic E-state index is 13.8. The molecule has 154 valence electrons. The molecule has 30 heavy (non-hydrogen) atoms. The zero-order chi connectivity index (χ0) is 21.5. The third kappa shape index (κ3) is 3.54. The quantitative estimate of drug-likeness (QED) is 0.672. The second-order valence-electron chi connectivity index (χ2n) is 7.09. The molecule has 0 aromatic heterocycles. The lowest BCUT2D eigenvalue weighted by Crippen LogP contribution is -2.35. The number of halogens is 2. The van der Waals surface area contributed by atoms with Crippen LogP contribution >= 0.6 is 0 Å². The van der Waals surface area contributed by atoms with Crippen LogP contribution in [0.25, 0.3) is 0 Å². The monoisotopic (exact) mass is 428 g/mol. The number of nitrogens with zero attached hydrogens (tertiary/aromatic N) is 1. The van der Waals surface area contributed by atoms with Crippen molar-refractivity contribution < 1.29 is 22.0 Å². The van der Waals surface area contributed by atoms with E-state index in [-0.39, 0.29) is 22.2 Å². The van der Waals surface area contributed by atoms with Crippen molar-refractivity contribution in [3.05, 3.63) is 89.5 Å². The number of carbonyl (C=O) groups is 1. The largest absolute Gasteiger partial charge is 0.319 e. The maximum Gasteiger partial charge on any atom is 0.264 e. The van der Waals surface area contributed by atoms with Gasteiger partial charge in [0.2, 0.25) is 0 Å². The summed E-state index contributed by atoms with van der Waals surface area (Å²) in [6.07, 6.45) is 0.592. The average molecular weight is 428 g/mol. The second-order valence-corrected chi connectivity index (χ2v) is 8.90. The van der Waals surface area contributed by atoms with E-state index >= 15 is 0 Å². The van der Waals surface area contributed by atoms with Gasteiger partial charge in [0.25, 0.3) is 15.9 Å². The molecule has 4 rings (SSSR count). The van der Waals surface area contributed by atoms with Crippen molar-refractivity contribution in [1.82, 2.24) is 0 Å². The van der Waals surface area contributed by atoms with Gasteiger partial charge in [0.1, 0.15) is 11.6 Å². The minimum Gasteiger partial charge on any atom is -0.319 e. The first-order valence-electron chi connectivity index (χ1n) is 9.26. The van der Waals surface area contributed by atoms with Crippen LogP contribution in [-0.4, -0.2) is 20.4 Å². The van der Waals surface area contributed by atoms with Crippen molar-refractivity contribution in [3.63, 3.8) is 0 Å². The molecule has 1 aliphatic heterocycles. The van der Waals surface area contributed by atoms with Gasteiger partial charge >= 0.3 is 0 Å². The summed E-state index contributed by atoms with van der Waals surface area (Å²) < 4.78 is 55.2. The van der Waals surface area contributed by atoms with Crippen molar-refractivity contribution in [1.29, 1.82) is 0 Å². The SMILES string of the molecule is CC1Cc2ccccc2N1S(=O)(=O)c1cccc(C(=O)Nc2cc(F)ccc2F)c1. The molecule has 0 saturated carbocycles. The van der Waals surface area contributed by atoms with E-state index in [2.05, 4.69) is 5.32 Å². The number of para-hydroxylation sites is 1. The zero-order valence-electron chi connectivity index (χ0n) is 16.0. The van der Waals surface area contributed by atoms with E-state index in [1.165, 1.54) is 28.6 Å². The van der Waals surface area contributed by atoms with Gasteiger partial charge in [0.15, 0.2) is 0 Å². The molecule has 8 heteroatoms. The van der Waals surface area contributed by atoms with Gasteiger partial charge in [-0.1, -0.05) is 24.3 Å². The molecule has 0 bridgehead atoms. The molecule has 0 aliphatic carbocycles. The number of benzene rings is 3. The summed E-state index contributed by atoms with van der Waals surface area (Å²) in [5, 5.41) is 2.28. The number of fused-ring (bicyclic) bond motifs is 1. The topological polar surface area (TPSA) is 66.5 Å². The van der Waals surface area contributed by atoms with Crippen molar-refractivity contribution >= 4 is 27.3 Å². The fraction of sp³-hybridized carbons (Fsp3) is 0.136. The van der Waals surface area contributed by atoms with Crippen LogP contribution in [0, 0.1) is 11.6 Å². The van der Waals surface area contributed by atoms with E-state index in [4.69, 9.17) is 0 Å². The fourth-order valence-corrected chi connectivity index (χ4v) is 5.34. The van der Waals surface area contributed by atoms with Gasteiger partial charge in [0.05, 0.1) is 16.3 Å². The lowest BCUT2D eigenvalue weighted by atomic mass is 10.1. The number of anilines is 2. The molecule has 3 aromatic carbocycles. The minimum atomic E-state index is -3.93. The Morgan fingerprint density at radius 1 is 1.03 bits per heavy atom. The second kappa shape index (κ2) is 7.53. The Balaban J connectivity index is 1.66. The summed E-state index contributed by atoms with van der Waals surface area (Å²) in [5.74, 6) is -2.24. The van der Waals surface area contributed by atoms with Crippen LogP contribution in [0.1, 0.15) is 22.8 Å². The van der Waals surface area contributed by atoms with Gasteiger partial charge in [-0.15, -0.1) is 0 Å². The number of carbonyl (C=O) groups excluding carboxylic acids is 1. The smallest absolute Gasteiger partial charge is 0.264 e. The number of amides is 1. The molecule has 0 saturated heterocycles. The Morgan fingerprint density at radius 2 is 1.80 bits per heavy atom. The van der Waals surface area contributed by atoms with Gasteiger partial charge in [-0.2, -0.15) is 0 Å². The van der Waals surface area contributed by atoms with Crippen LogP contribution in [0.4, 0.5) is 20.2 Å². The van der Waals surface area contributed by atoms with Gasteiger partial charge in [-0.3, -0.25) is 9.10 Å². The molecular formula is C22H18F2N2O3S. The van der Waals surface area contributed by atoms with Crippen molar-refractivity contribution in [2.75, 3.05) is 9.62 Å². The van der Waals surface area contributed by atoms with Crippen molar-refractivity contribution in [2.45, 2.75) is 24.3 Å². The molecule has 1 N–H and O–H groups in total. The number of nitrogens with one attached hydrogen (secondary N) is 1. The molecule has 1 amide bonds. The highest BCUT2D eigenvalue weighted by Gasteiger charge is 2.36. The van der Waals surface area contributed by atoms with Gasteiger partial charge in [-0.25, -0.2) is 17.2 Å². The van der Waals surface area contributed by atoms with E-state index in [0.29, 0.717) is 12.1 Å². The molecule has 1 heterocycles. The van der Waals surface area contributed by atoms with E-state index in [1.807, 2.05) is 19.1 Å².